The quantitative estimate of drug-likeness (QED) is 0.621. The number of fused-ring (bicyclic) bond motifs is 2. The van der Waals surface area contributed by atoms with E-state index in [9.17, 15) is 0 Å². The molecule has 0 unspecified atom stereocenters. The van der Waals surface area contributed by atoms with Gasteiger partial charge < -0.3 is 9.88 Å². The third kappa shape index (κ3) is 2.55. The van der Waals surface area contributed by atoms with Crippen LogP contribution in [0.3, 0.4) is 0 Å². The highest BCUT2D eigenvalue weighted by atomic mass is 32.1. The van der Waals surface area contributed by atoms with Crippen LogP contribution in [0.15, 0.2) is 36.7 Å². The summed E-state index contributed by atoms with van der Waals surface area (Å²) in [5.74, 6) is 1.94. The monoisotopic (exact) mass is 323 g/mol. The number of aryl methyl sites for hydroxylation is 2. The Morgan fingerprint density at radius 3 is 2.96 bits per heavy atom. The molecule has 23 heavy (non-hydrogen) atoms. The third-order valence-electron chi connectivity index (χ3n) is 3.93. The fraction of sp³-hybridized carbons (Fsp3) is 0.235. The van der Waals surface area contributed by atoms with Gasteiger partial charge in [-0.1, -0.05) is 12.1 Å². The van der Waals surface area contributed by atoms with Gasteiger partial charge in [-0.25, -0.2) is 15.0 Å². The van der Waals surface area contributed by atoms with Crippen LogP contribution in [0.2, 0.25) is 0 Å². The van der Waals surface area contributed by atoms with Crippen LogP contribution in [-0.4, -0.2) is 26.1 Å². The van der Waals surface area contributed by atoms with Gasteiger partial charge in [0.15, 0.2) is 0 Å². The molecule has 4 rings (SSSR count). The molecule has 0 spiro atoms. The van der Waals surface area contributed by atoms with Crippen LogP contribution in [-0.2, 0) is 6.54 Å². The first-order chi connectivity index (χ1) is 11.2. The number of hydrogen-bond acceptors (Lipinski definition) is 5. The molecule has 0 radical (unpaired) electrons. The lowest BCUT2D eigenvalue weighted by atomic mass is 10.3. The fourth-order valence-corrected chi connectivity index (χ4v) is 3.73. The fourth-order valence-electron chi connectivity index (χ4n) is 2.88. The maximum atomic E-state index is 4.60. The van der Waals surface area contributed by atoms with Crippen LogP contribution in [0.1, 0.15) is 10.7 Å². The van der Waals surface area contributed by atoms with Gasteiger partial charge in [0.25, 0.3) is 0 Å². The maximum Gasteiger partial charge on any atom is 0.138 e. The van der Waals surface area contributed by atoms with E-state index in [-0.39, 0.29) is 0 Å². The molecule has 6 heteroatoms. The van der Waals surface area contributed by atoms with Gasteiger partial charge in [0.1, 0.15) is 22.8 Å². The van der Waals surface area contributed by atoms with Crippen molar-refractivity contribution in [3.05, 3.63) is 47.4 Å². The van der Waals surface area contributed by atoms with Crippen molar-refractivity contribution in [1.29, 1.82) is 0 Å². The lowest BCUT2D eigenvalue weighted by Gasteiger charge is -2.09. The zero-order chi connectivity index (χ0) is 15.8. The normalized spacial score (nSPS) is 11.4. The summed E-state index contributed by atoms with van der Waals surface area (Å²) < 4.78 is 2.24. The van der Waals surface area contributed by atoms with Crippen LogP contribution in [0.25, 0.3) is 21.3 Å². The molecule has 0 saturated heterocycles. The van der Waals surface area contributed by atoms with E-state index in [1.54, 1.807) is 17.7 Å². The Morgan fingerprint density at radius 2 is 2.04 bits per heavy atom. The molecule has 4 aromatic rings. The molecular weight excluding hydrogens is 306 g/mol. The van der Waals surface area contributed by atoms with E-state index in [0.29, 0.717) is 0 Å². The van der Waals surface area contributed by atoms with Crippen molar-refractivity contribution in [1.82, 2.24) is 19.5 Å². The Bertz CT molecular complexity index is 985. The standard InChI is InChI=1S/C17H17N5S/c1-11-9-13-16(19-10-20-17(13)23-11)18-7-8-22-12(2)21-14-5-3-4-6-15(14)22/h3-6,9-10H,7-8H2,1-2H3,(H,18,19,20). The van der Waals surface area contributed by atoms with Crippen molar-refractivity contribution in [2.45, 2.75) is 20.4 Å². The number of nitrogens with zero attached hydrogens (tertiary/aromatic N) is 4. The van der Waals surface area contributed by atoms with Gasteiger partial charge in [-0.15, -0.1) is 11.3 Å². The van der Waals surface area contributed by atoms with Crippen molar-refractivity contribution in [3.63, 3.8) is 0 Å². The number of imidazole rings is 1. The average Bonchev–Trinajstić information content (AvgIpc) is 3.07. The minimum atomic E-state index is 0.794. The number of rotatable bonds is 4. The van der Waals surface area contributed by atoms with Crippen LogP contribution < -0.4 is 5.32 Å². The number of benzene rings is 1. The Morgan fingerprint density at radius 1 is 1.17 bits per heavy atom. The number of anilines is 1. The van der Waals surface area contributed by atoms with E-state index in [1.165, 1.54) is 10.4 Å². The summed E-state index contributed by atoms with van der Waals surface area (Å²) >= 11 is 1.70. The summed E-state index contributed by atoms with van der Waals surface area (Å²) in [6.45, 7) is 5.78. The molecule has 3 aromatic heterocycles. The van der Waals surface area contributed by atoms with E-state index in [4.69, 9.17) is 0 Å². The lowest BCUT2D eigenvalue weighted by Crippen LogP contribution is -2.12. The highest BCUT2D eigenvalue weighted by molar-refractivity contribution is 7.18. The first-order valence-corrected chi connectivity index (χ1v) is 8.41. The SMILES string of the molecule is Cc1cc2c(NCCn3c(C)nc4ccccc43)ncnc2s1. The van der Waals surface area contributed by atoms with E-state index in [1.807, 2.05) is 19.1 Å². The zero-order valence-corrected chi connectivity index (χ0v) is 13.9. The Hall–Kier alpha value is -2.47. The summed E-state index contributed by atoms with van der Waals surface area (Å²) in [5, 5.41) is 4.54. The predicted octanol–water partition coefficient (Wildman–Crippen LogP) is 3.77. The van der Waals surface area contributed by atoms with E-state index in [2.05, 4.69) is 50.0 Å². The summed E-state index contributed by atoms with van der Waals surface area (Å²) in [7, 11) is 0. The number of hydrogen-bond donors (Lipinski definition) is 1. The number of nitrogens with one attached hydrogen (secondary N) is 1. The Balaban J connectivity index is 1.56. The lowest BCUT2D eigenvalue weighted by molar-refractivity contribution is 0.720. The summed E-state index contributed by atoms with van der Waals surface area (Å²) in [4.78, 5) is 15.6. The minimum absolute atomic E-state index is 0.794. The molecule has 1 N–H and O–H groups in total. The van der Waals surface area contributed by atoms with Crippen LogP contribution in [0, 0.1) is 13.8 Å². The summed E-state index contributed by atoms with van der Waals surface area (Å²) in [6, 6.07) is 10.4. The molecule has 5 nitrogen and oxygen atoms in total. The van der Waals surface area contributed by atoms with Gasteiger partial charge in [0.2, 0.25) is 0 Å². The van der Waals surface area contributed by atoms with E-state index in [0.717, 1.165) is 40.5 Å². The van der Waals surface area contributed by atoms with Crippen molar-refractivity contribution < 1.29 is 0 Å². The van der Waals surface area contributed by atoms with Crippen LogP contribution in [0.5, 0.6) is 0 Å². The summed E-state index contributed by atoms with van der Waals surface area (Å²) in [6.07, 6.45) is 1.62. The number of aromatic nitrogens is 4. The van der Waals surface area contributed by atoms with Gasteiger partial charge in [0.05, 0.1) is 16.4 Å². The molecule has 0 saturated carbocycles. The van der Waals surface area contributed by atoms with Gasteiger partial charge in [-0.3, -0.25) is 0 Å². The second kappa shape index (κ2) is 5.62. The minimum Gasteiger partial charge on any atom is -0.368 e. The van der Waals surface area contributed by atoms with Crippen molar-refractivity contribution in [3.8, 4) is 0 Å². The Kier molecular flexibility index (Phi) is 3.46. The van der Waals surface area contributed by atoms with Crippen LogP contribution >= 0.6 is 11.3 Å². The van der Waals surface area contributed by atoms with E-state index < -0.39 is 0 Å². The molecule has 1 aromatic carbocycles. The zero-order valence-electron chi connectivity index (χ0n) is 13.1. The maximum absolute atomic E-state index is 4.60. The molecule has 0 atom stereocenters. The molecule has 116 valence electrons. The molecule has 0 amide bonds. The van der Waals surface area contributed by atoms with Gasteiger partial charge in [0, 0.05) is 18.0 Å². The second-order valence-corrected chi connectivity index (χ2v) is 6.76. The smallest absolute Gasteiger partial charge is 0.138 e. The molecular formula is C17H17N5S. The first-order valence-electron chi connectivity index (χ1n) is 7.59. The molecule has 0 fully saturated rings. The summed E-state index contributed by atoms with van der Waals surface area (Å²) in [5.41, 5.74) is 2.22. The van der Waals surface area contributed by atoms with Crippen LogP contribution in [0.4, 0.5) is 5.82 Å². The van der Waals surface area contributed by atoms with Crippen molar-refractivity contribution in [2.75, 3.05) is 11.9 Å². The highest BCUT2D eigenvalue weighted by Gasteiger charge is 2.08. The molecule has 0 bridgehead atoms. The van der Waals surface area contributed by atoms with Crippen molar-refractivity contribution >= 4 is 38.4 Å². The van der Waals surface area contributed by atoms with Gasteiger partial charge in [-0.2, -0.15) is 0 Å². The molecule has 3 heterocycles. The third-order valence-corrected chi connectivity index (χ3v) is 4.88. The number of para-hydroxylation sites is 2. The number of thiophene rings is 1. The van der Waals surface area contributed by atoms with E-state index >= 15 is 0 Å². The molecule has 0 aliphatic carbocycles. The first kappa shape index (κ1) is 14.1. The van der Waals surface area contributed by atoms with Crippen molar-refractivity contribution in [2.24, 2.45) is 0 Å². The topological polar surface area (TPSA) is 55.6 Å². The van der Waals surface area contributed by atoms with Gasteiger partial charge >= 0.3 is 0 Å². The second-order valence-electron chi connectivity index (χ2n) is 5.52. The molecule has 0 aliphatic heterocycles. The van der Waals surface area contributed by atoms with Gasteiger partial charge in [-0.05, 0) is 32.0 Å². The Labute approximate surface area is 138 Å². The largest absolute Gasteiger partial charge is 0.368 e. The average molecular weight is 323 g/mol. The highest BCUT2D eigenvalue weighted by Crippen LogP contribution is 2.27. The molecule has 0 aliphatic rings. The predicted molar refractivity (Wildman–Crippen MR) is 95.1 cm³/mol.